The van der Waals surface area contributed by atoms with Gasteiger partial charge < -0.3 is 0 Å². The summed E-state index contributed by atoms with van der Waals surface area (Å²) in [4.78, 5) is 3.92. The fourth-order valence-electron chi connectivity index (χ4n) is 1.14. The number of hydrogen-bond acceptors (Lipinski definition) is 2. The zero-order valence-electron chi connectivity index (χ0n) is 7.48. The van der Waals surface area contributed by atoms with Gasteiger partial charge in [0, 0.05) is 5.88 Å². The van der Waals surface area contributed by atoms with Gasteiger partial charge >= 0.3 is 0 Å². The van der Waals surface area contributed by atoms with Crippen LogP contribution in [0.5, 0.6) is 0 Å². The molecule has 1 heterocycles. The van der Waals surface area contributed by atoms with E-state index in [0.717, 1.165) is 0 Å². The van der Waals surface area contributed by atoms with Crippen molar-refractivity contribution in [3.05, 3.63) is 26.6 Å². The maximum atomic E-state index is 12.6. The molecule has 0 saturated heterocycles. The lowest BCUT2D eigenvalue weighted by Crippen LogP contribution is -2.02. The lowest BCUT2D eigenvalue weighted by Gasteiger charge is -2.09. The quantitative estimate of drug-likeness (QED) is 0.479. The predicted octanol–water partition coefficient (Wildman–Crippen LogP) is 3.43. The number of alkyl halides is 3. The summed E-state index contributed by atoms with van der Waals surface area (Å²) in [6, 6.07) is 3.37. The molecule has 80 valence electrons. The average Bonchev–Trinajstić information content (AvgIpc) is 2.16. The van der Waals surface area contributed by atoms with E-state index >= 15 is 0 Å². The van der Waals surface area contributed by atoms with Crippen molar-refractivity contribution < 1.29 is 8.78 Å². The van der Waals surface area contributed by atoms with E-state index in [9.17, 15) is 8.78 Å². The number of aromatic nitrogens is 1. The van der Waals surface area contributed by atoms with Gasteiger partial charge in [-0.05, 0) is 34.2 Å². The minimum atomic E-state index is -2.59. The molecule has 0 aromatic carbocycles. The Kier molecular flexibility index (Phi) is 4.67. The van der Waals surface area contributed by atoms with E-state index in [1.807, 2.05) is 6.07 Å². The molecule has 0 atom stereocenters. The topological polar surface area (TPSA) is 36.7 Å². The maximum Gasteiger partial charge on any atom is 0.266 e. The highest BCUT2D eigenvalue weighted by atomic mass is 127. The van der Waals surface area contributed by atoms with Crippen molar-refractivity contribution in [2.45, 2.75) is 18.7 Å². The molecule has 0 spiro atoms. The minimum absolute atomic E-state index is 0.00335. The van der Waals surface area contributed by atoms with Crippen LogP contribution in [0.3, 0.4) is 0 Å². The van der Waals surface area contributed by atoms with Crippen LogP contribution in [-0.2, 0) is 12.3 Å². The smallest absolute Gasteiger partial charge is 0.245 e. The first-order valence-corrected chi connectivity index (χ1v) is 5.60. The molecule has 1 aromatic rings. The first-order valence-electron chi connectivity index (χ1n) is 3.99. The molecule has 0 amide bonds. The van der Waals surface area contributed by atoms with Crippen LogP contribution < -0.4 is 0 Å². The second-order valence-electron chi connectivity index (χ2n) is 2.75. The number of pyridine rings is 1. The molecule has 0 fully saturated rings. The van der Waals surface area contributed by atoms with Gasteiger partial charge in [0.25, 0.3) is 6.43 Å². The minimum Gasteiger partial charge on any atom is -0.245 e. The van der Waals surface area contributed by atoms with Crippen LogP contribution >= 0.6 is 34.2 Å². The van der Waals surface area contributed by atoms with E-state index in [1.54, 1.807) is 22.6 Å². The molecule has 1 rings (SSSR count). The van der Waals surface area contributed by atoms with Gasteiger partial charge in [0.1, 0.15) is 3.70 Å². The van der Waals surface area contributed by atoms with Crippen LogP contribution in [0.4, 0.5) is 8.78 Å². The van der Waals surface area contributed by atoms with Crippen molar-refractivity contribution in [1.29, 1.82) is 5.26 Å². The Morgan fingerprint density at radius 1 is 1.60 bits per heavy atom. The molecular weight excluding hydrogens is 336 g/mol. The molecule has 0 N–H and O–H groups in total. The zero-order valence-corrected chi connectivity index (χ0v) is 10.4. The Morgan fingerprint density at radius 2 is 2.27 bits per heavy atom. The first kappa shape index (κ1) is 12.6. The molecule has 0 aliphatic carbocycles. The van der Waals surface area contributed by atoms with Crippen LogP contribution in [0.1, 0.15) is 23.2 Å². The molecule has 0 radical (unpaired) electrons. The second kappa shape index (κ2) is 5.56. The number of nitrogens with zero attached hydrogens (tertiary/aromatic N) is 2. The summed E-state index contributed by atoms with van der Waals surface area (Å²) in [5.74, 6) is -0.00335. The molecule has 0 bridgehead atoms. The average molecular weight is 343 g/mol. The summed E-state index contributed by atoms with van der Waals surface area (Å²) < 4.78 is 25.5. The molecule has 0 saturated carbocycles. The molecular formula is C9H6ClF2IN2. The second-order valence-corrected chi connectivity index (χ2v) is 4.04. The van der Waals surface area contributed by atoms with Crippen molar-refractivity contribution in [2.24, 2.45) is 0 Å². The summed E-state index contributed by atoms with van der Waals surface area (Å²) in [7, 11) is 0. The SMILES string of the molecule is N#CCc1cc(CCl)c(C(F)F)c(I)n1. The monoisotopic (exact) mass is 342 g/mol. The summed E-state index contributed by atoms with van der Waals surface area (Å²) in [6.45, 7) is 0. The first-order chi connectivity index (χ1) is 7.10. The molecule has 15 heavy (non-hydrogen) atoms. The Balaban J connectivity index is 3.25. The van der Waals surface area contributed by atoms with E-state index in [-0.39, 0.29) is 21.6 Å². The van der Waals surface area contributed by atoms with Gasteiger partial charge in [-0.25, -0.2) is 13.8 Å². The molecule has 0 aliphatic rings. The number of rotatable bonds is 3. The number of hydrogen-bond donors (Lipinski definition) is 0. The van der Waals surface area contributed by atoms with Crippen LogP contribution in [0, 0.1) is 15.0 Å². The van der Waals surface area contributed by atoms with Crippen LogP contribution in [0.25, 0.3) is 0 Å². The Bertz CT molecular complexity index is 404. The molecule has 1 aromatic heterocycles. The highest BCUT2D eigenvalue weighted by Gasteiger charge is 2.18. The zero-order chi connectivity index (χ0) is 11.4. The Labute approximate surface area is 104 Å². The molecule has 2 nitrogen and oxygen atoms in total. The summed E-state index contributed by atoms with van der Waals surface area (Å²) in [5.41, 5.74) is 0.686. The molecule has 0 aliphatic heterocycles. The third-order valence-electron chi connectivity index (χ3n) is 1.77. The van der Waals surface area contributed by atoms with Crippen LogP contribution in [0.2, 0.25) is 0 Å². The lowest BCUT2D eigenvalue weighted by atomic mass is 10.1. The summed E-state index contributed by atoms with van der Waals surface area (Å²) in [6.07, 6.45) is -2.49. The van der Waals surface area contributed by atoms with Gasteiger partial charge in [-0.1, -0.05) is 0 Å². The van der Waals surface area contributed by atoms with Crippen LogP contribution in [-0.4, -0.2) is 4.98 Å². The Morgan fingerprint density at radius 3 is 2.73 bits per heavy atom. The van der Waals surface area contributed by atoms with E-state index in [2.05, 4.69) is 4.98 Å². The van der Waals surface area contributed by atoms with Crippen molar-refractivity contribution in [2.75, 3.05) is 0 Å². The largest absolute Gasteiger partial charge is 0.266 e. The summed E-state index contributed by atoms with van der Waals surface area (Å²) in [5, 5.41) is 8.48. The normalized spacial score (nSPS) is 10.4. The Hall–Kier alpha value is -0.480. The van der Waals surface area contributed by atoms with Crippen LogP contribution in [0.15, 0.2) is 6.07 Å². The van der Waals surface area contributed by atoms with Gasteiger partial charge in [-0.15, -0.1) is 11.6 Å². The third-order valence-corrected chi connectivity index (χ3v) is 2.88. The fourth-order valence-corrected chi connectivity index (χ4v) is 2.25. The van der Waals surface area contributed by atoms with E-state index in [4.69, 9.17) is 16.9 Å². The third kappa shape index (κ3) is 2.98. The van der Waals surface area contributed by atoms with Gasteiger partial charge in [-0.2, -0.15) is 5.26 Å². The maximum absolute atomic E-state index is 12.6. The lowest BCUT2D eigenvalue weighted by molar-refractivity contribution is 0.149. The van der Waals surface area contributed by atoms with Crippen molar-refractivity contribution in [3.63, 3.8) is 0 Å². The van der Waals surface area contributed by atoms with E-state index in [1.165, 1.54) is 6.07 Å². The standard InChI is InChI=1S/C9H6ClF2IN2/c10-4-5-3-6(1-2-14)15-9(13)7(5)8(11)12/h3,8H,1,4H2. The van der Waals surface area contributed by atoms with E-state index < -0.39 is 6.43 Å². The molecule has 6 heteroatoms. The van der Waals surface area contributed by atoms with Gasteiger partial charge in [0.15, 0.2) is 0 Å². The van der Waals surface area contributed by atoms with Crippen molar-refractivity contribution in [3.8, 4) is 6.07 Å². The highest BCUT2D eigenvalue weighted by molar-refractivity contribution is 14.1. The number of halogens is 4. The van der Waals surface area contributed by atoms with Gasteiger partial charge in [0.05, 0.1) is 23.7 Å². The fraction of sp³-hybridized carbons (Fsp3) is 0.333. The predicted molar refractivity (Wildman–Crippen MR) is 60.8 cm³/mol. The van der Waals surface area contributed by atoms with Gasteiger partial charge in [-0.3, -0.25) is 0 Å². The molecule has 0 unspecified atom stereocenters. The number of nitriles is 1. The van der Waals surface area contributed by atoms with Crippen molar-refractivity contribution in [1.82, 2.24) is 4.98 Å². The van der Waals surface area contributed by atoms with E-state index in [0.29, 0.717) is 11.3 Å². The van der Waals surface area contributed by atoms with Gasteiger partial charge in [0.2, 0.25) is 0 Å². The van der Waals surface area contributed by atoms with Crippen molar-refractivity contribution >= 4 is 34.2 Å². The highest BCUT2D eigenvalue weighted by Crippen LogP contribution is 2.28. The summed E-state index contributed by atoms with van der Waals surface area (Å²) >= 11 is 7.30.